The zero-order valence-corrected chi connectivity index (χ0v) is 7.70. The number of rotatable bonds is 2. The van der Waals surface area contributed by atoms with E-state index in [0.717, 1.165) is 0 Å². The molecular formula is C8H16O4. The van der Waals surface area contributed by atoms with Crippen molar-refractivity contribution < 1.29 is 19.7 Å². The molecule has 12 heavy (non-hydrogen) atoms. The highest BCUT2D eigenvalue weighted by Gasteiger charge is 2.54. The highest BCUT2D eigenvalue weighted by molar-refractivity contribution is 5.00. The summed E-state index contributed by atoms with van der Waals surface area (Å²) in [4.78, 5) is 0. The molecule has 1 saturated carbocycles. The highest BCUT2D eigenvalue weighted by Crippen LogP contribution is 2.40. The van der Waals surface area contributed by atoms with E-state index < -0.39 is 17.5 Å². The van der Waals surface area contributed by atoms with Gasteiger partial charge in [-0.2, -0.15) is 0 Å². The van der Waals surface area contributed by atoms with E-state index in [9.17, 15) is 10.2 Å². The Morgan fingerprint density at radius 3 is 1.92 bits per heavy atom. The molecule has 4 heteroatoms. The number of aliphatic hydroxyl groups is 2. The van der Waals surface area contributed by atoms with Crippen molar-refractivity contribution in [2.75, 3.05) is 14.2 Å². The summed E-state index contributed by atoms with van der Waals surface area (Å²) < 4.78 is 10.1. The predicted octanol–water partition coefficient (Wildman–Crippen LogP) is -0.119. The van der Waals surface area contributed by atoms with E-state index in [1.165, 1.54) is 14.2 Å². The van der Waals surface area contributed by atoms with Crippen molar-refractivity contribution in [3.05, 3.63) is 0 Å². The zero-order valence-electron chi connectivity index (χ0n) is 7.70. The SMILES string of the molecule is COC1(OC)CC[C@](C)(O)[C@H]1O. The van der Waals surface area contributed by atoms with E-state index in [-0.39, 0.29) is 0 Å². The van der Waals surface area contributed by atoms with Crippen LogP contribution in [0.4, 0.5) is 0 Å². The molecule has 0 aliphatic heterocycles. The molecule has 0 unspecified atom stereocenters. The molecular weight excluding hydrogens is 160 g/mol. The molecule has 0 aromatic heterocycles. The molecule has 0 bridgehead atoms. The highest BCUT2D eigenvalue weighted by atomic mass is 16.7. The molecule has 0 saturated heterocycles. The third kappa shape index (κ3) is 1.25. The Hall–Kier alpha value is -0.160. The average molecular weight is 176 g/mol. The average Bonchev–Trinajstić information content (AvgIpc) is 2.27. The minimum atomic E-state index is -1.11. The monoisotopic (exact) mass is 176 g/mol. The fourth-order valence-corrected chi connectivity index (χ4v) is 1.69. The number of aliphatic hydroxyl groups excluding tert-OH is 1. The molecule has 2 N–H and O–H groups in total. The fraction of sp³-hybridized carbons (Fsp3) is 1.00. The van der Waals surface area contributed by atoms with Gasteiger partial charge in [-0.1, -0.05) is 0 Å². The molecule has 0 aromatic carbocycles. The van der Waals surface area contributed by atoms with Crippen molar-refractivity contribution >= 4 is 0 Å². The van der Waals surface area contributed by atoms with Gasteiger partial charge in [-0.3, -0.25) is 0 Å². The summed E-state index contributed by atoms with van der Waals surface area (Å²) in [6, 6.07) is 0. The molecule has 0 amide bonds. The summed E-state index contributed by atoms with van der Waals surface area (Å²) in [5.41, 5.74) is -1.11. The Balaban J connectivity index is 2.83. The van der Waals surface area contributed by atoms with Crippen LogP contribution in [0.15, 0.2) is 0 Å². The maximum atomic E-state index is 9.67. The minimum Gasteiger partial charge on any atom is -0.387 e. The first-order chi connectivity index (χ1) is 5.48. The van der Waals surface area contributed by atoms with Crippen molar-refractivity contribution in [2.45, 2.75) is 37.3 Å². The largest absolute Gasteiger partial charge is 0.387 e. The first-order valence-electron chi connectivity index (χ1n) is 3.99. The maximum absolute atomic E-state index is 9.67. The molecule has 1 rings (SSSR count). The van der Waals surface area contributed by atoms with Crippen LogP contribution in [-0.2, 0) is 9.47 Å². The molecule has 2 atom stereocenters. The normalized spacial score (nSPS) is 40.2. The molecule has 1 aliphatic rings. The van der Waals surface area contributed by atoms with Gasteiger partial charge in [0.2, 0.25) is 0 Å². The molecule has 4 nitrogen and oxygen atoms in total. The van der Waals surface area contributed by atoms with Gasteiger partial charge in [0.25, 0.3) is 0 Å². The minimum absolute atomic E-state index is 0.482. The van der Waals surface area contributed by atoms with Gasteiger partial charge >= 0.3 is 0 Å². The van der Waals surface area contributed by atoms with Crippen molar-refractivity contribution in [1.29, 1.82) is 0 Å². The van der Waals surface area contributed by atoms with Crippen LogP contribution in [0, 0.1) is 0 Å². The van der Waals surface area contributed by atoms with E-state index in [1.54, 1.807) is 6.92 Å². The van der Waals surface area contributed by atoms with Crippen LogP contribution in [0.2, 0.25) is 0 Å². The first-order valence-corrected chi connectivity index (χ1v) is 3.99. The Morgan fingerprint density at radius 1 is 1.25 bits per heavy atom. The third-order valence-electron chi connectivity index (χ3n) is 2.68. The van der Waals surface area contributed by atoms with E-state index in [4.69, 9.17) is 9.47 Å². The van der Waals surface area contributed by atoms with Crippen LogP contribution in [0.25, 0.3) is 0 Å². The van der Waals surface area contributed by atoms with E-state index in [1.807, 2.05) is 0 Å². The van der Waals surface area contributed by atoms with Gasteiger partial charge in [-0.15, -0.1) is 0 Å². The number of methoxy groups -OCH3 is 2. The maximum Gasteiger partial charge on any atom is 0.196 e. The second kappa shape index (κ2) is 2.96. The van der Waals surface area contributed by atoms with E-state index >= 15 is 0 Å². The number of ether oxygens (including phenoxy) is 2. The quantitative estimate of drug-likeness (QED) is 0.576. The van der Waals surface area contributed by atoms with Crippen LogP contribution in [0.1, 0.15) is 19.8 Å². The third-order valence-corrected chi connectivity index (χ3v) is 2.68. The summed E-state index contributed by atoms with van der Waals surface area (Å²) in [5.74, 6) is -1.02. The van der Waals surface area contributed by atoms with Crippen LogP contribution < -0.4 is 0 Å². The Kier molecular flexibility index (Phi) is 2.45. The molecule has 0 aromatic rings. The standard InChI is InChI=1S/C8H16O4/c1-7(10)4-5-8(11-2,12-3)6(7)9/h6,9-10H,4-5H2,1-3H3/t6-,7+/m1/s1. The summed E-state index contributed by atoms with van der Waals surface area (Å²) >= 11 is 0. The topological polar surface area (TPSA) is 58.9 Å². The van der Waals surface area contributed by atoms with Crippen LogP contribution >= 0.6 is 0 Å². The van der Waals surface area contributed by atoms with Gasteiger partial charge in [0.1, 0.15) is 6.10 Å². The van der Waals surface area contributed by atoms with Gasteiger partial charge in [-0.05, 0) is 13.3 Å². The summed E-state index contributed by atoms with van der Waals surface area (Å²) in [6.45, 7) is 1.58. The molecule has 0 radical (unpaired) electrons. The lowest BCUT2D eigenvalue weighted by Crippen LogP contribution is -2.49. The van der Waals surface area contributed by atoms with Crippen LogP contribution in [0.5, 0.6) is 0 Å². The molecule has 0 heterocycles. The summed E-state index contributed by atoms with van der Waals surface area (Å²) in [6.07, 6.45) is 0.00398. The van der Waals surface area contributed by atoms with Crippen molar-refractivity contribution in [1.82, 2.24) is 0 Å². The van der Waals surface area contributed by atoms with Crippen LogP contribution in [0.3, 0.4) is 0 Å². The fourth-order valence-electron chi connectivity index (χ4n) is 1.69. The smallest absolute Gasteiger partial charge is 0.196 e. The Bertz CT molecular complexity index is 162. The summed E-state index contributed by atoms with van der Waals surface area (Å²) in [5, 5.41) is 19.3. The lowest BCUT2D eigenvalue weighted by Gasteiger charge is -2.32. The summed E-state index contributed by atoms with van der Waals surface area (Å²) in [7, 11) is 2.93. The van der Waals surface area contributed by atoms with E-state index in [2.05, 4.69) is 0 Å². The Morgan fingerprint density at radius 2 is 1.75 bits per heavy atom. The number of hydrogen-bond donors (Lipinski definition) is 2. The predicted molar refractivity (Wildman–Crippen MR) is 42.6 cm³/mol. The van der Waals surface area contributed by atoms with Gasteiger partial charge < -0.3 is 19.7 Å². The number of hydrogen-bond acceptors (Lipinski definition) is 4. The lowest BCUT2D eigenvalue weighted by atomic mass is 10.0. The van der Waals surface area contributed by atoms with Gasteiger partial charge in [0, 0.05) is 20.6 Å². The van der Waals surface area contributed by atoms with Crippen LogP contribution in [-0.4, -0.2) is 41.9 Å². The molecule has 72 valence electrons. The molecule has 0 spiro atoms. The van der Waals surface area contributed by atoms with Gasteiger partial charge in [0.15, 0.2) is 5.79 Å². The van der Waals surface area contributed by atoms with Gasteiger partial charge in [-0.25, -0.2) is 0 Å². The van der Waals surface area contributed by atoms with E-state index in [0.29, 0.717) is 12.8 Å². The van der Waals surface area contributed by atoms with Crippen molar-refractivity contribution in [3.63, 3.8) is 0 Å². The lowest BCUT2D eigenvalue weighted by molar-refractivity contribution is -0.263. The Labute approximate surface area is 72.1 Å². The second-order valence-corrected chi connectivity index (χ2v) is 3.48. The van der Waals surface area contributed by atoms with Gasteiger partial charge in [0.05, 0.1) is 5.60 Å². The first kappa shape index (κ1) is 9.92. The second-order valence-electron chi connectivity index (χ2n) is 3.48. The molecule has 1 fully saturated rings. The van der Waals surface area contributed by atoms with Crippen molar-refractivity contribution in [3.8, 4) is 0 Å². The zero-order chi connectivity index (χ0) is 9.41. The molecule has 1 aliphatic carbocycles. The van der Waals surface area contributed by atoms with Crippen molar-refractivity contribution in [2.24, 2.45) is 0 Å².